The first kappa shape index (κ1) is 20.9. The molecule has 0 N–H and O–H groups in total. The van der Waals surface area contributed by atoms with E-state index in [1.165, 1.54) is 41.2 Å². The molecule has 3 heterocycles. The van der Waals surface area contributed by atoms with Crippen LogP contribution in [0.1, 0.15) is 21.8 Å². The first-order chi connectivity index (χ1) is 14.0. The molecule has 9 nitrogen and oxygen atoms in total. The number of methoxy groups -OCH3 is 1. The van der Waals surface area contributed by atoms with Gasteiger partial charge in [0.1, 0.15) is 4.88 Å². The largest absolute Gasteiger partial charge is 0.466 e. The van der Waals surface area contributed by atoms with E-state index in [0.29, 0.717) is 39.4 Å². The van der Waals surface area contributed by atoms with Crippen LogP contribution >= 0.6 is 23.1 Å². The standard InChI is InChI=1S/C18H18N4O5S2/c1-11-15(29-17(21-11)16-19-5-3-6-20-16)18(25)27-8-4-7-22-12(23)10-28-13(22)9-14(24)26-2/h3,5-6,9H,4,7-8,10H2,1-2H3/b13-9+. The summed E-state index contributed by atoms with van der Waals surface area (Å²) in [6, 6.07) is 1.70. The van der Waals surface area contributed by atoms with Gasteiger partial charge >= 0.3 is 11.9 Å². The van der Waals surface area contributed by atoms with E-state index in [-0.39, 0.29) is 18.3 Å². The van der Waals surface area contributed by atoms with Crippen LogP contribution < -0.4 is 0 Å². The Labute approximate surface area is 175 Å². The van der Waals surface area contributed by atoms with Gasteiger partial charge in [0.05, 0.1) is 36.3 Å². The highest BCUT2D eigenvalue weighted by molar-refractivity contribution is 8.04. The van der Waals surface area contributed by atoms with Crippen LogP contribution in [0.4, 0.5) is 0 Å². The monoisotopic (exact) mass is 434 g/mol. The van der Waals surface area contributed by atoms with E-state index in [0.717, 1.165) is 0 Å². The third kappa shape index (κ3) is 5.18. The molecule has 0 spiro atoms. The second kappa shape index (κ2) is 9.61. The van der Waals surface area contributed by atoms with E-state index >= 15 is 0 Å². The van der Waals surface area contributed by atoms with Crippen LogP contribution in [0.3, 0.4) is 0 Å². The molecule has 152 valence electrons. The van der Waals surface area contributed by atoms with Crippen molar-refractivity contribution in [2.45, 2.75) is 13.3 Å². The predicted octanol–water partition coefficient (Wildman–Crippen LogP) is 2.05. The summed E-state index contributed by atoms with van der Waals surface area (Å²) in [7, 11) is 1.28. The van der Waals surface area contributed by atoms with Gasteiger partial charge in [0.15, 0.2) is 10.8 Å². The number of hydrogen-bond donors (Lipinski definition) is 0. The number of thiazole rings is 1. The summed E-state index contributed by atoms with van der Waals surface area (Å²) in [6.45, 7) is 2.20. The number of ether oxygens (including phenoxy) is 2. The van der Waals surface area contributed by atoms with Gasteiger partial charge in [-0.15, -0.1) is 11.3 Å². The number of aromatic nitrogens is 3. The first-order valence-corrected chi connectivity index (χ1v) is 10.4. The van der Waals surface area contributed by atoms with E-state index in [9.17, 15) is 14.4 Å². The Morgan fingerprint density at radius 2 is 2.07 bits per heavy atom. The van der Waals surface area contributed by atoms with Gasteiger partial charge in [-0.3, -0.25) is 4.79 Å². The van der Waals surface area contributed by atoms with E-state index in [4.69, 9.17) is 4.74 Å². The molecular formula is C18H18N4O5S2. The maximum Gasteiger partial charge on any atom is 0.350 e. The van der Waals surface area contributed by atoms with Crippen molar-refractivity contribution in [3.05, 3.63) is 40.1 Å². The Hall–Kier alpha value is -2.79. The number of carbonyl (C=O) groups excluding carboxylic acids is 3. The van der Waals surface area contributed by atoms with Gasteiger partial charge < -0.3 is 14.4 Å². The maximum absolute atomic E-state index is 12.4. The minimum Gasteiger partial charge on any atom is -0.466 e. The van der Waals surface area contributed by atoms with E-state index in [1.54, 1.807) is 25.4 Å². The van der Waals surface area contributed by atoms with Crippen molar-refractivity contribution in [1.29, 1.82) is 0 Å². The van der Waals surface area contributed by atoms with Crippen molar-refractivity contribution in [1.82, 2.24) is 19.9 Å². The Kier molecular flexibility index (Phi) is 6.94. The summed E-state index contributed by atoms with van der Waals surface area (Å²) < 4.78 is 9.92. The molecule has 1 fully saturated rings. The average Bonchev–Trinajstić information content (AvgIpc) is 3.28. The number of rotatable bonds is 7. The molecule has 0 atom stereocenters. The van der Waals surface area contributed by atoms with Crippen molar-refractivity contribution in [2.75, 3.05) is 26.0 Å². The fourth-order valence-electron chi connectivity index (χ4n) is 2.47. The number of nitrogens with zero attached hydrogens (tertiary/aromatic N) is 4. The topological polar surface area (TPSA) is 112 Å². The van der Waals surface area contributed by atoms with Gasteiger partial charge in [0, 0.05) is 18.9 Å². The fourth-order valence-corrected chi connectivity index (χ4v) is 4.34. The fraction of sp³-hybridized carbons (Fsp3) is 0.333. The number of carbonyl (C=O) groups is 3. The Morgan fingerprint density at radius 3 is 2.79 bits per heavy atom. The SMILES string of the molecule is COC(=O)/C=C1/SCC(=O)N1CCCOC(=O)c1sc(-c2ncccn2)nc1C. The highest BCUT2D eigenvalue weighted by atomic mass is 32.2. The Morgan fingerprint density at radius 1 is 1.31 bits per heavy atom. The van der Waals surface area contributed by atoms with Gasteiger partial charge in [0.25, 0.3) is 0 Å². The van der Waals surface area contributed by atoms with Crippen molar-refractivity contribution in [3.8, 4) is 10.8 Å². The molecule has 0 radical (unpaired) electrons. The van der Waals surface area contributed by atoms with Crippen molar-refractivity contribution in [3.63, 3.8) is 0 Å². The normalized spacial score (nSPS) is 15.0. The molecule has 2 aromatic heterocycles. The molecule has 29 heavy (non-hydrogen) atoms. The Bertz CT molecular complexity index is 945. The third-order valence-electron chi connectivity index (χ3n) is 3.85. The summed E-state index contributed by atoms with van der Waals surface area (Å²) in [5, 5.41) is 1.09. The molecule has 1 saturated heterocycles. The van der Waals surface area contributed by atoms with Crippen LogP contribution in [0, 0.1) is 6.92 Å². The molecule has 0 unspecified atom stereocenters. The van der Waals surface area contributed by atoms with Crippen LogP contribution in [0.25, 0.3) is 10.8 Å². The van der Waals surface area contributed by atoms with Crippen LogP contribution in [0.5, 0.6) is 0 Å². The van der Waals surface area contributed by atoms with Crippen LogP contribution in [-0.4, -0.2) is 63.7 Å². The lowest BCUT2D eigenvalue weighted by Crippen LogP contribution is -2.27. The van der Waals surface area contributed by atoms with E-state index < -0.39 is 11.9 Å². The minimum absolute atomic E-state index is 0.0951. The quantitative estimate of drug-likeness (QED) is 0.367. The highest BCUT2D eigenvalue weighted by Crippen LogP contribution is 2.29. The first-order valence-electron chi connectivity index (χ1n) is 8.64. The zero-order valence-corrected chi connectivity index (χ0v) is 17.4. The van der Waals surface area contributed by atoms with E-state index in [1.807, 2.05) is 0 Å². The molecular weight excluding hydrogens is 416 g/mol. The molecule has 11 heteroatoms. The molecule has 2 aromatic rings. The summed E-state index contributed by atoms with van der Waals surface area (Å²) in [4.78, 5) is 50.2. The third-order valence-corrected chi connectivity index (χ3v) is 6.01. The zero-order chi connectivity index (χ0) is 20.8. The smallest absolute Gasteiger partial charge is 0.350 e. The Balaban J connectivity index is 1.54. The van der Waals surface area contributed by atoms with Gasteiger partial charge in [-0.1, -0.05) is 11.8 Å². The van der Waals surface area contributed by atoms with Gasteiger partial charge in [-0.25, -0.2) is 24.5 Å². The lowest BCUT2D eigenvalue weighted by Gasteiger charge is -2.16. The second-order valence-electron chi connectivity index (χ2n) is 5.84. The molecule has 1 amide bonds. The summed E-state index contributed by atoms with van der Waals surface area (Å²) >= 11 is 2.45. The van der Waals surface area contributed by atoms with Gasteiger partial charge in [-0.2, -0.15) is 0 Å². The van der Waals surface area contributed by atoms with Crippen molar-refractivity contribution >= 4 is 40.9 Å². The predicted molar refractivity (Wildman–Crippen MR) is 107 cm³/mol. The van der Waals surface area contributed by atoms with Crippen LogP contribution in [-0.2, 0) is 19.1 Å². The molecule has 1 aliphatic rings. The molecule has 0 aliphatic carbocycles. The number of amides is 1. The molecule has 3 rings (SSSR count). The number of esters is 2. The summed E-state index contributed by atoms with van der Waals surface area (Å²) in [5.41, 5.74) is 0.553. The van der Waals surface area contributed by atoms with Gasteiger partial charge in [-0.05, 0) is 19.4 Å². The number of aryl methyl sites for hydroxylation is 1. The second-order valence-corrected chi connectivity index (χ2v) is 7.83. The molecule has 0 saturated carbocycles. The molecule has 0 bridgehead atoms. The molecule has 0 aromatic carbocycles. The lowest BCUT2D eigenvalue weighted by atomic mass is 10.3. The maximum atomic E-state index is 12.4. The molecule has 1 aliphatic heterocycles. The van der Waals surface area contributed by atoms with E-state index in [2.05, 4.69) is 19.7 Å². The van der Waals surface area contributed by atoms with Crippen LogP contribution in [0.15, 0.2) is 29.6 Å². The van der Waals surface area contributed by atoms with Crippen LogP contribution in [0.2, 0.25) is 0 Å². The van der Waals surface area contributed by atoms with Crippen molar-refractivity contribution in [2.24, 2.45) is 0 Å². The number of thioether (sulfide) groups is 1. The van der Waals surface area contributed by atoms with Crippen molar-refractivity contribution < 1.29 is 23.9 Å². The summed E-state index contributed by atoms with van der Waals surface area (Å²) in [6.07, 6.45) is 4.94. The minimum atomic E-state index is -0.516. The zero-order valence-electron chi connectivity index (χ0n) is 15.8. The average molecular weight is 434 g/mol. The number of hydrogen-bond acceptors (Lipinski definition) is 10. The highest BCUT2D eigenvalue weighted by Gasteiger charge is 2.27. The van der Waals surface area contributed by atoms with Gasteiger partial charge in [0.2, 0.25) is 5.91 Å². The lowest BCUT2D eigenvalue weighted by molar-refractivity contribution is -0.134. The summed E-state index contributed by atoms with van der Waals surface area (Å²) in [5.74, 6) is -0.364.